The zero-order chi connectivity index (χ0) is 23.8. The SMILES string of the molecule is CCOc1cc(N2CCCN(C(=O)NCCOc3ccccc3)CC2)ccc1-n1cnc(C)n1. The van der Waals surface area contributed by atoms with Crippen LogP contribution in [0.2, 0.25) is 0 Å². The fourth-order valence-electron chi connectivity index (χ4n) is 3.96. The maximum atomic E-state index is 12.7. The van der Waals surface area contributed by atoms with Gasteiger partial charge in [-0.3, -0.25) is 0 Å². The number of hydrogen-bond donors (Lipinski definition) is 1. The van der Waals surface area contributed by atoms with Gasteiger partial charge < -0.3 is 24.6 Å². The first-order valence-electron chi connectivity index (χ1n) is 11.7. The molecule has 1 saturated heterocycles. The van der Waals surface area contributed by atoms with Gasteiger partial charge in [0.15, 0.2) is 0 Å². The molecular weight excluding hydrogens is 432 g/mol. The average molecular weight is 465 g/mol. The van der Waals surface area contributed by atoms with Crippen molar-refractivity contribution in [3.63, 3.8) is 0 Å². The molecule has 9 nitrogen and oxygen atoms in total. The molecule has 1 aromatic heterocycles. The van der Waals surface area contributed by atoms with Gasteiger partial charge in [0.1, 0.15) is 35.9 Å². The smallest absolute Gasteiger partial charge is 0.317 e. The number of para-hydroxylation sites is 1. The highest BCUT2D eigenvalue weighted by Crippen LogP contribution is 2.29. The molecule has 1 aliphatic rings. The number of nitrogens with zero attached hydrogens (tertiary/aromatic N) is 5. The second-order valence-electron chi connectivity index (χ2n) is 8.04. The Morgan fingerprint density at radius 3 is 2.68 bits per heavy atom. The third-order valence-electron chi connectivity index (χ3n) is 5.63. The van der Waals surface area contributed by atoms with E-state index < -0.39 is 0 Å². The maximum absolute atomic E-state index is 12.7. The number of anilines is 1. The molecule has 1 N–H and O–H groups in total. The van der Waals surface area contributed by atoms with Crippen LogP contribution in [0.25, 0.3) is 5.69 Å². The van der Waals surface area contributed by atoms with Gasteiger partial charge in [-0.05, 0) is 44.5 Å². The van der Waals surface area contributed by atoms with Gasteiger partial charge in [0.2, 0.25) is 0 Å². The van der Waals surface area contributed by atoms with E-state index in [0.717, 1.165) is 48.9 Å². The summed E-state index contributed by atoms with van der Waals surface area (Å²) in [5, 5.41) is 7.38. The summed E-state index contributed by atoms with van der Waals surface area (Å²) in [7, 11) is 0. The fraction of sp³-hybridized carbons (Fsp3) is 0.400. The van der Waals surface area contributed by atoms with Crippen molar-refractivity contribution < 1.29 is 14.3 Å². The Bertz CT molecular complexity index is 1070. The minimum atomic E-state index is -0.0505. The summed E-state index contributed by atoms with van der Waals surface area (Å²) in [6, 6.07) is 15.7. The Kier molecular flexibility index (Phi) is 7.85. The van der Waals surface area contributed by atoms with Gasteiger partial charge in [-0.1, -0.05) is 18.2 Å². The molecule has 1 aliphatic heterocycles. The molecule has 2 heterocycles. The number of ether oxygens (including phenoxy) is 2. The first-order valence-corrected chi connectivity index (χ1v) is 11.7. The van der Waals surface area contributed by atoms with E-state index in [1.807, 2.05) is 61.2 Å². The van der Waals surface area contributed by atoms with Crippen molar-refractivity contribution in [1.82, 2.24) is 25.0 Å². The topological polar surface area (TPSA) is 84.8 Å². The van der Waals surface area contributed by atoms with Crippen molar-refractivity contribution in [3.05, 3.63) is 60.7 Å². The number of carbonyl (C=O) groups is 1. The average Bonchev–Trinajstić information content (AvgIpc) is 3.13. The molecule has 0 radical (unpaired) electrons. The number of aryl methyl sites for hydroxylation is 1. The second kappa shape index (κ2) is 11.4. The first kappa shape index (κ1) is 23.4. The minimum absolute atomic E-state index is 0.0505. The zero-order valence-electron chi connectivity index (χ0n) is 19.8. The van der Waals surface area contributed by atoms with Crippen LogP contribution in [-0.2, 0) is 0 Å². The number of amides is 2. The molecule has 0 saturated carbocycles. The normalized spacial score (nSPS) is 13.9. The number of urea groups is 1. The van der Waals surface area contributed by atoms with Crippen LogP contribution in [0.3, 0.4) is 0 Å². The van der Waals surface area contributed by atoms with E-state index >= 15 is 0 Å². The Morgan fingerprint density at radius 2 is 1.91 bits per heavy atom. The van der Waals surface area contributed by atoms with Gasteiger partial charge >= 0.3 is 6.03 Å². The van der Waals surface area contributed by atoms with Crippen molar-refractivity contribution in [2.75, 3.05) is 50.8 Å². The van der Waals surface area contributed by atoms with Gasteiger partial charge in [0.25, 0.3) is 0 Å². The number of aromatic nitrogens is 3. The van der Waals surface area contributed by atoms with Crippen molar-refractivity contribution in [3.8, 4) is 17.2 Å². The van der Waals surface area contributed by atoms with Crippen LogP contribution in [-0.4, -0.2) is 71.6 Å². The number of carbonyl (C=O) groups excluding carboxylic acids is 1. The Hall–Kier alpha value is -3.75. The van der Waals surface area contributed by atoms with E-state index in [2.05, 4.69) is 26.4 Å². The summed E-state index contributed by atoms with van der Waals surface area (Å²) in [4.78, 5) is 21.0. The lowest BCUT2D eigenvalue weighted by atomic mass is 10.2. The predicted octanol–water partition coefficient (Wildman–Crippen LogP) is 3.28. The van der Waals surface area contributed by atoms with Gasteiger partial charge in [-0.15, -0.1) is 0 Å². The third kappa shape index (κ3) is 5.98. The van der Waals surface area contributed by atoms with Crippen molar-refractivity contribution >= 4 is 11.7 Å². The lowest BCUT2D eigenvalue weighted by Gasteiger charge is -2.25. The maximum Gasteiger partial charge on any atom is 0.317 e. The monoisotopic (exact) mass is 464 g/mol. The summed E-state index contributed by atoms with van der Waals surface area (Å²) in [5.74, 6) is 2.28. The van der Waals surface area contributed by atoms with Crippen LogP contribution in [0.1, 0.15) is 19.2 Å². The highest BCUT2D eigenvalue weighted by atomic mass is 16.5. The van der Waals surface area contributed by atoms with Crippen LogP contribution in [0.5, 0.6) is 11.5 Å². The molecule has 0 spiro atoms. The van der Waals surface area contributed by atoms with Gasteiger partial charge in [-0.2, -0.15) is 5.10 Å². The molecular formula is C25H32N6O3. The molecule has 4 rings (SSSR count). The summed E-state index contributed by atoms with van der Waals surface area (Å²) < 4.78 is 13.3. The van der Waals surface area contributed by atoms with E-state index in [-0.39, 0.29) is 6.03 Å². The summed E-state index contributed by atoms with van der Waals surface area (Å²) in [5.41, 5.74) is 1.93. The summed E-state index contributed by atoms with van der Waals surface area (Å²) >= 11 is 0. The van der Waals surface area contributed by atoms with Crippen LogP contribution in [0.4, 0.5) is 10.5 Å². The highest BCUT2D eigenvalue weighted by molar-refractivity contribution is 5.74. The molecule has 0 aliphatic carbocycles. The lowest BCUT2D eigenvalue weighted by molar-refractivity contribution is 0.198. The van der Waals surface area contributed by atoms with Crippen LogP contribution >= 0.6 is 0 Å². The molecule has 2 aromatic carbocycles. The molecule has 34 heavy (non-hydrogen) atoms. The Balaban J connectivity index is 1.32. The van der Waals surface area contributed by atoms with E-state index in [0.29, 0.717) is 32.1 Å². The lowest BCUT2D eigenvalue weighted by Crippen LogP contribution is -2.43. The summed E-state index contributed by atoms with van der Waals surface area (Å²) in [6.45, 7) is 8.29. The molecule has 9 heteroatoms. The van der Waals surface area contributed by atoms with E-state index in [4.69, 9.17) is 9.47 Å². The van der Waals surface area contributed by atoms with Crippen molar-refractivity contribution in [1.29, 1.82) is 0 Å². The number of rotatable bonds is 8. The Morgan fingerprint density at radius 1 is 1.06 bits per heavy atom. The van der Waals surface area contributed by atoms with Gasteiger partial charge in [0.05, 0.1) is 13.2 Å². The number of benzene rings is 2. The van der Waals surface area contributed by atoms with Crippen LogP contribution < -0.4 is 19.7 Å². The predicted molar refractivity (Wildman–Crippen MR) is 131 cm³/mol. The first-order chi connectivity index (χ1) is 16.6. The van der Waals surface area contributed by atoms with Gasteiger partial charge in [-0.25, -0.2) is 14.5 Å². The Labute approximate surface area is 200 Å². The number of hydrogen-bond acceptors (Lipinski definition) is 6. The minimum Gasteiger partial charge on any atom is -0.492 e. The molecule has 2 amide bonds. The van der Waals surface area contributed by atoms with Crippen molar-refractivity contribution in [2.24, 2.45) is 0 Å². The van der Waals surface area contributed by atoms with Gasteiger partial charge in [0, 0.05) is 37.9 Å². The summed E-state index contributed by atoms with van der Waals surface area (Å²) in [6.07, 6.45) is 2.59. The third-order valence-corrected chi connectivity index (χ3v) is 5.63. The van der Waals surface area contributed by atoms with E-state index in [1.54, 1.807) is 11.0 Å². The zero-order valence-corrected chi connectivity index (χ0v) is 19.8. The molecule has 0 unspecified atom stereocenters. The largest absolute Gasteiger partial charge is 0.492 e. The molecule has 0 bridgehead atoms. The number of nitrogens with one attached hydrogen (secondary N) is 1. The standard InChI is InChI=1S/C25H32N6O3/c1-3-33-24-18-21(10-11-23(24)31-19-27-20(2)28-31)29-13-7-14-30(16-15-29)25(32)26-12-17-34-22-8-5-4-6-9-22/h4-6,8-11,18-19H,3,7,12-17H2,1-2H3,(H,26,32). The highest BCUT2D eigenvalue weighted by Gasteiger charge is 2.20. The molecule has 3 aromatic rings. The second-order valence-corrected chi connectivity index (χ2v) is 8.04. The van der Waals surface area contributed by atoms with Crippen LogP contribution in [0.15, 0.2) is 54.9 Å². The van der Waals surface area contributed by atoms with E-state index in [9.17, 15) is 4.79 Å². The molecule has 0 atom stereocenters. The fourth-order valence-corrected chi connectivity index (χ4v) is 3.96. The van der Waals surface area contributed by atoms with E-state index in [1.165, 1.54) is 0 Å². The molecule has 180 valence electrons. The van der Waals surface area contributed by atoms with Crippen molar-refractivity contribution in [2.45, 2.75) is 20.3 Å². The molecule has 1 fully saturated rings. The van der Waals surface area contributed by atoms with Crippen LogP contribution in [0, 0.1) is 6.92 Å². The quantitative estimate of drug-likeness (QED) is 0.515.